The molecule has 0 aliphatic rings. The van der Waals surface area contributed by atoms with Crippen LogP contribution in [-0.4, -0.2) is 21.0 Å². The summed E-state index contributed by atoms with van der Waals surface area (Å²) in [5.74, 6) is -0.307. The molecule has 3 aromatic rings. The lowest BCUT2D eigenvalue weighted by Crippen LogP contribution is -2.13. The molecule has 0 bridgehead atoms. The molecular weight excluding hydrogens is 386 g/mol. The van der Waals surface area contributed by atoms with E-state index in [1.54, 1.807) is 12.1 Å². The van der Waals surface area contributed by atoms with E-state index in [1.165, 1.54) is 18.5 Å². The van der Waals surface area contributed by atoms with Gasteiger partial charge in [0.15, 0.2) is 5.82 Å². The second kappa shape index (κ2) is 7.76. The Hall–Kier alpha value is -2.93. The number of nitrogens with one attached hydrogen (secondary N) is 1. The molecular formula is C18H14BrN3O3. The van der Waals surface area contributed by atoms with Crippen molar-refractivity contribution in [3.63, 3.8) is 0 Å². The lowest BCUT2D eigenvalue weighted by atomic mass is 10.1. The summed E-state index contributed by atoms with van der Waals surface area (Å²) < 4.78 is 5.75. The van der Waals surface area contributed by atoms with Crippen molar-refractivity contribution < 1.29 is 14.3 Å². The number of anilines is 1. The molecule has 7 heteroatoms. The topological polar surface area (TPSA) is 88.2 Å². The van der Waals surface area contributed by atoms with E-state index in [1.807, 2.05) is 30.3 Å². The Balaban J connectivity index is 1.92. The molecule has 25 heavy (non-hydrogen) atoms. The fourth-order valence-electron chi connectivity index (χ4n) is 2.21. The summed E-state index contributed by atoms with van der Waals surface area (Å²) in [5, 5.41) is 12.3. The Labute approximate surface area is 152 Å². The first kappa shape index (κ1) is 16.9. The smallest absolute Gasteiger partial charge is 0.352 e. The predicted octanol–water partition coefficient (Wildman–Crippen LogP) is 3.96. The summed E-state index contributed by atoms with van der Waals surface area (Å²) in [7, 11) is 0. The number of furan rings is 1. The van der Waals surface area contributed by atoms with Crippen LogP contribution in [0.3, 0.4) is 0 Å². The number of hydrogen-bond acceptors (Lipinski definition) is 5. The van der Waals surface area contributed by atoms with E-state index in [9.17, 15) is 9.90 Å². The van der Waals surface area contributed by atoms with E-state index < -0.39 is 5.97 Å². The molecule has 0 amide bonds. The van der Waals surface area contributed by atoms with Crippen LogP contribution in [0.4, 0.5) is 5.82 Å². The Kier molecular flexibility index (Phi) is 5.25. The normalized spacial score (nSPS) is 11.3. The Morgan fingerprint density at radius 3 is 2.72 bits per heavy atom. The number of carbonyl (C=O) groups is 1. The molecule has 2 N–H and O–H groups in total. The third-order valence-corrected chi connectivity index (χ3v) is 3.73. The highest BCUT2D eigenvalue weighted by atomic mass is 79.9. The Bertz CT molecular complexity index is 893. The van der Waals surface area contributed by atoms with Crippen molar-refractivity contribution in [1.29, 1.82) is 0 Å². The van der Waals surface area contributed by atoms with E-state index in [-0.39, 0.29) is 5.70 Å². The van der Waals surface area contributed by atoms with Gasteiger partial charge in [-0.3, -0.25) is 0 Å². The number of nitrogens with zero attached hydrogens (tertiary/aromatic N) is 2. The van der Waals surface area contributed by atoms with Crippen molar-refractivity contribution in [2.45, 2.75) is 6.42 Å². The third kappa shape index (κ3) is 4.54. The molecule has 0 aliphatic heterocycles. The Morgan fingerprint density at radius 2 is 2.04 bits per heavy atom. The minimum absolute atomic E-state index is 0.0547. The number of halogens is 1. The predicted molar refractivity (Wildman–Crippen MR) is 96.9 cm³/mol. The minimum atomic E-state index is -1.12. The van der Waals surface area contributed by atoms with E-state index in [0.717, 1.165) is 5.56 Å². The number of rotatable bonds is 6. The first-order valence-electron chi connectivity index (χ1n) is 7.42. The van der Waals surface area contributed by atoms with Gasteiger partial charge in [0, 0.05) is 12.5 Å². The molecule has 0 unspecified atom stereocenters. The lowest BCUT2D eigenvalue weighted by molar-refractivity contribution is -0.132. The summed E-state index contributed by atoms with van der Waals surface area (Å²) in [6.45, 7) is 0. The molecule has 1 aromatic carbocycles. The average molecular weight is 400 g/mol. The van der Waals surface area contributed by atoms with Crippen molar-refractivity contribution in [2.24, 2.45) is 0 Å². The van der Waals surface area contributed by atoms with E-state index in [0.29, 0.717) is 28.3 Å². The zero-order chi connectivity index (χ0) is 17.6. The fourth-order valence-corrected chi connectivity index (χ4v) is 2.53. The maximum absolute atomic E-state index is 11.5. The van der Waals surface area contributed by atoms with Gasteiger partial charge in [-0.15, -0.1) is 0 Å². The number of carboxylic acid groups (broad SMARTS) is 1. The number of hydrogen-bond donors (Lipinski definition) is 2. The van der Waals surface area contributed by atoms with Crippen LogP contribution >= 0.6 is 15.9 Å². The summed E-state index contributed by atoms with van der Waals surface area (Å²) in [4.78, 5) is 20.2. The molecule has 126 valence electrons. The minimum Gasteiger partial charge on any atom is -0.477 e. The molecule has 0 saturated heterocycles. The van der Waals surface area contributed by atoms with Crippen LogP contribution in [0.2, 0.25) is 0 Å². The standard InChI is InChI=1S/C18H14BrN3O3/c19-16-11-20-17(14(21-16)9-12-5-2-1-3-6-12)22-15(18(23)24)10-13-7-4-8-25-13/h1-8,10-11H,9H2,(H,20,22)(H,23,24)/b15-10-. The van der Waals surface area contributed by atoms with E-state index >= 15 is 0 Å². The molecule has 0 atom stereocenters. The quantitative estimate of drug-likeness (QED) is 0.609. The molecule has 2 heterocycles. The van der Waals surface area contributed by atoms with Crippen molar-refractivity contribution in [2.75, 3.05) is 5.32 Å². The van der Waals surface area contributed by atoms with Crippen LogP contribution in [0.1, 0.15) is 17.0 Å². The van der Waals surface area contributed by atoms with Crippen LogP contribution in [0, 0.1) is 0 Å². The third-order valence-electron chi connectivity index (χ3n) is 3.34. The monoisotopic (exact) mass is 399 g/mol. The highest BCUT2D eigenvalue weighted by molar-refractivity contribution is 9.10. The van der Waals surface area contributed by atoms with Gasteiger partial charge in [0.05, 0.1) is 18.2 Å². The second-order valence-corrected chi connectivity index (χ2v) is 5.97. The summed E-state index contributed by atoms with van der Waals surface area (Å²) >= 11 is 3.31. The molecule has 2 aromatic heterocycles. The van der Waals surface area contributed by atoms with Crippen LogP contribution < -0.4 is 5.32 Å². The average Bonchev–Trinajstić information content (AvgIpc) is 3.10. The van der Waals surface area contributed by atoms with Gasteiger partial charge in [0.2, 0.25) is 0 Å². The van der Waals surface area contributed by atoms with Gasteiger partial charge in [0.1, 0.15) is 16.1 Å². The van der Waals surface area contributed by atoms with Gasteiger partial charge in [-0.25, -0.2) is 14.8 Å². The van der Waals surface area contributed by atoms with Crippen LogP contribution in [0.25, 0.3) is 6.08 Å². The van der Waals surface area contributed by atoms with Crippen molar-refractivity contribution in [3.05, 3.63) is 82.2 Å². The summed E-state index contributed by atoms with van der Waals surface area (Å²) in [6.07, 6.45) is 4.91. The van der Waals surface area contributed by atoms with E-state index in [4.69, 9.17) is 4.42 Å². The Morgan fingerprint density at radius 1 is 1.24 bits per heavy atom. The highest BCUT2D eigenvalue weighted by Crippen LogP contribution is 2.20. The molecule has 0 fully saturated rings. The van der Waals surface area contributed by atoms with Crippen LogP contribution in [0.5, 0.6) is 0 Å². The van der Waals surface area contributed by atoms with Gasteiger partial charge in [-0.1, -0.05) is 30.3 Å². The first-order valence-corrected chi connectivity index (χ1v) is 8.22. The molecule has 0 aliphatic carbocycles. The second-order valence-electron chi connectivity index (χ2n) is 5.15. The summed E-state index contributed by atoms with van der Waals surface area (Å²) in [5.41, 5.74) is 1.62. The van der Waals surface area contributed by atoms with Gasteiger partial charge < -0.3 is 14.8 Å². The highest BCUT2D eigenvalue weighted by Gasteiger charge is 2.14. The fraction of sp³-hybridized carbons (Fsp3) is 0.0556. The van der Waals surface area contributed by atoms with Gasteiger partial charge in [-0.05, 0) is 33.6 Å². The molecule has 0 saturated carbocycles. The number of carboxylic acids is 1. The molecule has 3 rings (SSSR count). The van der Waals surface area contributed by atoms with E-state index in [2.05, 4.69) is 31.2 Å². The van der Waals surface area contributed by atoms with Crippen molar-refractivity contribution in [1.82, 2.24) is 9.97 Å². The molecule has 0 radical (unpaired) electrons. The van der Waals surface area contributed by atoms with Crippen molar-refractivity contribution >= 4 is 33.8 Å². The van der Waals surface area contributed by atoms with Gasteiger partial charge >= 0.3 is 5.97 Å². The lowest BCUT2D eigenvalue weighted by Gasteiger charge is -2.11. The van der Waals surface area contributed by atoms with Crippen LogP contribution in [0.15, 0.2) is 69.6 Å². The zero-order valence-electron chi connectivity index (χ0n) is 13.0. The molecule has 0 spiro atoms. The van der Waals surface area contributed by atoms with Gasteiger partial charge in [-0.2, -0.15) is 0 Å². The first-order chi connectivity index (χ1) is 12.1. The van der Waals surface area contributed by atoms with Crippen molar-refractivity contribution in [3.8, 4) is 0 Å². The van der Waals surface area contributed by atoms with Gasteiger partial charge in [0.25, 0.3) is 0 Å². The van der Waals surface area contributed by atoms with Crippen LogP contribution in [-0.2, 0) is 11.2 Å². The number of benzene rings is 1. The maximum Gasteiger partial charge on any atom is 0.352 e. The number of aromatic nitrogens is 2. The SMILES string of the molecule is O=C(O)/C(=C/c1ccco1)Nc1ncc(Br)nc1Cc1ccccc1. The zero-order valence-corrected chi connectivity index (χ0v) is 14.6. The maximum atomic E-state index is 11.5. The largest absolute Gasteiger partial charge is 0.477 e. The number of aliphatic carboxylic acids is 1. The summed E-state index contributed by atoms with van der Waals surface area (Å²) in [6, 6.07) is 13.1. The molecule has 6 nitrogen and oxygen atoms in total.